The number of carboxylic acids is 1. The third kappa shape index (κ3) is 2.00. The molecule has 1 N–H and O–H groups in total. The van der Waals surface area contributed by atoms with Gasteiger partial charge in [-0.1, -0.05) is 0 Å². The summed E-state index contributed by atoms with van der Waals surface area (Å²) in [5.74, 6) is 1.56. The summed E-state index contributed by atoms with van der Waals surface area (Å²) in [6.07, 6.45) is 2.14. The van der Waals surface area contributed by atoms with Crippen molar-refractivity contribution in [1.29, 1.82) is 0 Å². The molecular weight excluding hydrogens is 254 g/mol. The second-order valence-electron chi connectivity index (χ2n) is 4.55. The van der Waals surface area contributed by atoms with E-state index in [0.717, 1.165) is 30.7 Å². The van der Waals surface area contributed by atoms with Crippen LogP contribution >= 0.6 is 23.1 Å². The highest BCUT2D eigenvalue weighted by atomic mass is 32.2. The molecule has 2 unspecified atom stereocenters. The lowest BCUT2D eigenvalue weighted by atomic mass is 9.97. The summed E-state index contributed by atoms with van der Waals surface area (Å²) in [4.78, 5) is 15.0. The molecule has 1 aromatic heterocycles. The van der Waals surface area contributed by atoms with Crippen LogP contribution < -0.4 is 0 Å². The van der Waals surface area contributed by atoms with Crippen LogP contribution in [0.15, 0.2) is 11.4 Å². The van der Waals surface area contributed by atoms with Crippen molar-refractivity contribution in [3.63, 3.8) is 0 Å². The summed E-state index contributed by atoms with van der Waals surface area (Å²) in [5.41, 5.74) is 1.03. The number of carbonyl (C=O) groups is 1. The summed E-state index contributed by atoms with van der Waals surface area (Å²) in [5, 5.41) is 11.5. The van der Waals surface area contributed by atoms with Gasteiger partial charge in [0.15, 0.2) is 0 Å². The van der Waals surface area contributed by atoms with Crippen LogP contribution in [0.5, 0.6) is 0 Å². The van der Waals surface area contributed by atoms with E-state index in [1.54, 1.807) is 11.3 Å². The Morgan fingerprint density at radius 1 is 1.53 bits per heavy atom. The Morgan fingerprint density at radius 3 is 3.12 bits per heavy atom. The number of rotatable bonds is 2. The van der Waals surface area contributed by atoms with Crippen LogP contribution in [0, 0.1) is 0 Å². The zero-order chi connectivity index (χ0) is 11.8. The third-order valence-corrected chi connectivity index (χ3v) is 5.75. The van der Waals surface area contributed by atoms with Gasteiger partial charge in [0.25, 0.3) is 0 Å². The van der Waals surface area contributed by atoms with Crippen molar-refractivity contribution < 1.29 is 9.90 Å². The van der Waals surface area contributed by atoms with E-state index in [1.165, 1.54) is 10.6 Å². The van der Waals surface area contributed by atoms with E-state index in [0.29, 0.717) is 6.04 Å². The first kappa shape index (κ1) is 11.6. The fourth-order valence-electron chi connectivity index (χ4n) is 2.79. The Bertz CT molecular complexity index is 426. The number of thiophene rings is 1. The molecule has 3 nitrogen and oxygen atoms in total. The van der Waals surface area contributed by atoms with Gasteiger partial charge in [0, 0.05) is 23.2 Å². The van der Waals surface area contributed by atoms with Crippen molar-refractivity contribution in [2.24, 2.45) is 0 Å². The summed E-state index contributed by atoms with van der Waals surface area (Å²) in [7, 11) is 0. The molecule has 0 aromatic carbocycles. The van der Waals surface area contributed by atoms with Crippen molar-refractivity contribution >= 4 is 29.1 Å². The van der Waals surface area contributed by atoms with Gasteiger partial charge in [-0.15, -0.1) is 11.3 Å². The highest BCUT2D eigenvalue weighted by molar-refractivity contribution is 7.99. The van der Waals surface area contributed by atoms with Crippen molar-refractivity contribution in [2.75, 3.05) is 18.1 Å². The molecule has 17 heavy (non-hydrogen) atoms. The molecule has 5 heteroatoms. The van der Waals surface area contributed by atoms with Crippen LogP contribution in [-0.2, 0) is 11.2 Å². The Morgan fingerprint density at radius 2 is 2.41 bits per heavy atom. The van der Waals surface area contributed by atoms with Gasteiger partial charge in [-0.25, -0.2) is 0 Å². The third-order valence-electron chi connectivity index (χ3n) is 3.61. The van der Waals surface area contributed by atoms with Gasteiger partial charge in [-0.2, -0.15) is 11.8 Å². The van der Waals surface area contributed by atoms with Crippen molar-refractivity contribution in [2.45, 2.75) is 24.9 Å². The summed E-state index contributed by atoms with van der Waals surface area (Å²) in [6, 6.07) is 2.04. The quantitative estimate of drug-likeness (QED) is 0.894. The highest BCUT2D eigenvalue weighted by Crippen LogP contribution is 2.37. The van der Waals surface area contributed by atoms with E-state index in [1.807, 2.05) is 23.2 Å². The number of hydrogen-bond donors (Lipinski definition) is 1. The molecule has 3 heterocycles. The predicted octanol–water partition coefficient (Wildman–Crippen LogP) is 2.24. The fraction of sp³-hybridized carbons (Fsp3) is 0.583. The number of aliphatic carboxylic acids is 1. The van der Waals surface area contributed by atoms with Gasteiger partial charge in [-0.3, -0.25) is 9.69 Å². The summed E-state index contributed by atoms with van der Waals surface area (Å²) < 4.78 is 0. The monoisotopic (exact) mass is 269 g/mol. The molecule has 0 aliphatic carbocycles. The first-order valence-electron chi connectivity index (χ1n) is 5.90. The molecule has 0 amide bonds. The Kier molecular flexibility index (Phi) is 3.15. The SMILES string of the molecule is O=C(O)C1c2ccsc2CCN1C1CCSC1. The zero-order valence-corrected chi connectivity index (χ0v) is 11.1. The first-order valence-corrected chi connectivity index (χ1v) is 7.93. The van der Waals surface area contributed by atoms with E-state index in [4.69, 9.17) is 0 Å². The van der Waals surface area contributed by atoms with E-state index in [9.17, 15) is 9.90 Å². The van der Waals surface area contributed by atoms with Crippen LogP contribution in [0.1, 0.15) is 22.9 Å². The first-order chi connectivity index (χ1) is 8.27. The topological polar surface area (TPSA) is 40.5 Å². The lowest BCUT2D eigenvalue weighted by molar-refractivity contribution is -0.144. The molecule has 92 valence electrons. The molecule has 2 atom stereocenters. The molecular formula is C12H15NO2S2. The second-order valence-corrected chi connectivity index (χ2v) is 6.70. The van der Waals surface area contributed by atoms with E-state index in [-0.39, 0.29) is 0 Å². The van der Waals surface area contributed by atoms with Crippen molar-refractivity contribution in [3.05, 3.63) is 21.9 Å². The van der Waals surface area contributed by atoms with E-state index in [2.05, 4.69) is 4.90 Å². The molecule has 0 radical (unpaired) electrons. The van der Waals surface area contributed by atoms with Crippen LogP contribution in [-0.4, -0.2) is 40.1 Å². The lowest BCUT2D eigenvalue weighted by Gasteiger charge is -2.37. The maximum Gasteiger partial charge on any atom is 0.325 e. The molecule has 0 bridgehead atoms. The van der Waals surface area contributed by atoms with Crippen LogP contribution in [0.2, 0.25) is 0 Å². The minimum absolute atomic E-state index is 0.409. The highest BCUT2D eigenvalue weighted by Gasteiger charge is 2.38. The molecule has 1 aromatic rings. The molecule has 1 fully saturated rings. The maximum absolute atomic E-state index is 11.5. The fourth-order valence-corrected chi connectivity index (χ4v) is 4.93. The second kappa shape index (κ2) is 4.63. The van der Waals surface area contributed by atoms with Crippen LogP contribution in [0.3, 0.4) is 0 Å². The number of thioether (sulfide) groups is 1. The largest absolute Gasteiger partial charge is 0.480 e. The van der Waals surface area contributed by atoms with Gasteiger partial charge < -0.3 is 5.11 Å². The number of hydrogen-bond acceptors (Lipinski definition) is 4. The molecule has 2 aliphatic rings. The molecule has 0 spiro atoms. The Hall–Kier alpha value is -0.520. The summed E-state index contributed by atoms with van der Waals surface area (Å²) >= 11 is 3.64. The lowest BCUT2D eigenvalue weighted by Crippen LogP contribution is -2.45. The van der Waals surface area contributed by atoms with Gasteiger partial charge >= 0.3 is 5.97 Å². The van der Waals surface area contributed by atoms with Crippen molar-refractivity contribution in [3.8, 4) is 0 Å². The maximum atomic E-state index is 11.5. The smallest absolute Gasteiger partial charge is 0.325 e. The number of nitrogens with zero attached hydrogens (tertiary/aromatic N) is 1. The average molecular weight is 269 g/mol. The van der Waals surface area contributed by atoms with Gasteiger partial charge in [0.05, 0.1) is 0 Å². The van der Waals surface area contributed by atoms with Gasteiger partial charge in [0.1, 0.15) is 6.04 Å². The molecule has 2 aliphatic heterocycles. The Balaban J connectivity index is 1.92. The molecule has 3 rings (SSSR count). The summed E-state index contributed by atoms with van der Waals surface area (Å²) in [6.45, 7) is 0.899. The number of fused-ring (bicyclic) bond motifs is 1. The van der Waals surface area contributed by atoms with Crippen LogP contribution in [0.25, 0.3) is 0 Å². The number of carboxylic acid groups (broad SMARTS) is 1. The van der Waals surface area contributed by atoms with Crippen molar-refractivity contribution in [1.82, 2.24) is 4.90 Å². The minimum Gasteiger partial charge on any atom is -0.480 e. The molecule has 1 saturated heterocycles. The van der Waals surface area contributed by atoms with Gasteiger partial charge in [-0.05, 0) is 35.6 Å². The predicted molar refractivity (Wildman–Crippen MR) is 70.8 cm³/mol. The minimum atomic E-state index is -0.693. The normalized spacial score (nSPS) is 29.2. The Labute approximate surface area is 109 Å². The average Bonchev–Trinajstić information content (AvgIpc) is 2.98. The van der Waals surface area contributed by atoms with E-state index < -0.39 is 12.0 Å². The standard InChI is InChI=1S/C12H15NO2S2/c14-12(15)11-9-3-6-17-10(9)1-4-13(11)8-2-5-16-7-8/h3,6,8,11H,1-2,4-5,7H2,(H,14,15). The zero-order valence-electron chi connectivity index (χ0n) is 9.46. The van der Waals surface area contributed by atoms with E-state index >= 15 is 0 Å². The van der Waals surface area contributed by atoms with Gasteiger partial charge in [0.2, 0.25) is 0 Å². The molecule has 0 saturated carbocycles. The van der Waals surface area contributed by atoms with Crippen LogP contribution in [0.4, 0.5) is 0 Å².